The molecule has 0 aliphatic rings. The summed E-state index contributed by atoms with van der Waals surface area (Å²) in [6.07, 6.45) is 4.05. The molecule has 1 nitrogen and oxygen atoms in total. The van der Waals surface area contributed by atoms with Crippen LogP contribution < -0.4 is 0 Å². The van der Waals surface area contributed by atoms with Gasteiger partial charge in [-0.1, -0.05) is 60.2 Å². The van der Waals surface area contributed by atoms with Crippen molar-refractivity contribution in [2.75, 3.05) is 0 Å². The van der Waals surface area contributed by atoms with Crippen LogP contribution in [0.1, 0.15) is 25.0 Å². The Morgan fingerprint density at radius 3 is 2.28 bits per heavy atom. The Morgan fingerprint density at radius 1 is 0.889 bits per heavy atom. The van der Waals surface area contributed by atoms with Gasteiger partial charge in [-0.25, -0.2) is 0 Å². The molecule has 0 bridgehead atoms. The van der Waals surface area contributed by atoms with Crippen molar-refractivity contribution in [1.82, 2.24) is 0 Å². The van der Waals surface area contributed by atoms with E-state index in [-0.39, 0.29) is 0 Å². The molecule has 90 valence electrons. The Bertz CT molecular complexity index is 561. The second kappa shape index (κ2) is 5.97. The van der Waals surface area contributed by atoms with Crippen molar-refractivity contribution in [3.8, 4) is 0 Å². The molecule has 0 N–H and O–H groups in total. The van der Waals surface area contributed by atoms with Gasteiger partial charge in [0.1, 0.15) is 0 Å². The molecule has 1 heteroatoms. The highest BCUT2D eigenvalue weighted by molar-refractivity contribution is 5.83. The highest BCUT2D eigenvalue weighted by Crippen LogP contribution is 2.21. The molecule has 18 heavy (non-hydrogen) atoms. The van der Waals surface area contributed by atoms with E-state index in [1.54, 1.807) is 0 Å². The molecule has 0 aliphatic carbocycles. The summed E-state index contributed by atoms with van der Waals surface area (Å²) in [5.41, 5.74) is 4.55. The summed E-state index contributed by atoms with van der Waals surface area (Å²) in [7, 11) is 0. The Labute approximate surface area is 109 Å². The van der Waals surface area contributed by atoms with Crippen LogP contribution in [0.15, 0.2) is 65.2 Å². The molecule has 0 saturated heterocycles. The third kappa shape index (κ3) is 3.42. The van der Waals surface area contributed by atoms with Crippen molar-refractivity contribution in [2.24, 2.45) is 4.99 Å². The van der Waals surface area contributed by atoms with Gasteiger partial charge in [0.2, 0.25) is 0 Å². The molecule has 0 saturated carbocycles. The first-order valence-corrected chi connectivity index (χ1v) is 6.09. The lowest BCUT2D eigenvalue weighted by Gasteiger charge is -2.01. The van der Waals surface area contributed by atoms with Crippen molar-refractivity contribution in [2.45, 2.75) is 13.8 Å². The van der Waals surface area contributed by atoms with Gasteiger partial charge in [-0.2, -0.15) is 0 Å². The number of allylic oxidation sites excluding steroid dienone is 1. The topological polar surface area (TPSA) is 12.4 Å². The number of aliphatic imine (C=N–C) groups is 1. The van der Waals surface area contributed by atoms with Crippen LogP contribution in [0.3, 0.4) is 0 Å². The van der Waals surface area contributed by atoms with Crippen LogP contribution in [0.5, 0.6) is 0 Å². The second-order valence-corrected chi connectivity index (χ2v) is 4.45. The molecule has 0 fully saturated rings. The third-order valence-electron chi connectivity index (χ3n) is 2.53. The van der Waals surface area contributed by atoms with Gasteiger partial charge in [0.15, 0.2) is 0 Å². The van der Waals surface area contributed by atoms with Crippen molar-refractivity contribution >= 4 is 18.0 Å². The van der Waals surface area contributed by atoms with E-state index in [4.69, 9.17) is 0 Å². The summed E-state index contributed by atoms with van der Waals surface area (Å²) in [6.45, 7) is 4.19. The summed E-state index contributed by atoms with van der Waals surface area (Å²) in [6, 6.07) is 18.3. The van der Waals surface area contributed by atoms with E-state index in [9.17, 15) is 0 Å². The van der Waals surface area contributed by atoms with Crippen LogP contribution in [-0.4, -0.2) is 6.21 Å². The SMILES string of the molecule is CC(C)=Cc1ccccc1N=Cc1ccccc1. The Hall–Kier alpha value is -2.15. The van der Waals surface area contributed by atoms with Gasteiger partial charge in [-0.05, 0) is 25.5 Å². The van der Waals surface area contributed by atoms with Crippen LogP contribution in [0.4, 0.5) is 5.69 Å². The second-order valence-electron chi connectivity index (χ2n) is 4.45. The fraction of sp³-hybridized carbons (Fsp3) is 0.118. The number of hydrogen-bond acceptors (Lipinski definition) is 1. The maximum atomic E-state index is 4.56. The van der Waals surface area contributed by atoms with Crippen LogP contribution in [-0.2, 0) is 0 Å². The fourth-order valence-electron chi connectivity index (χ4n) is 1.72. The minimum Gasteiger partial charge on any atom is -0.256 e. The average Bonchev–Trinajstić information content (AvgIpc) is 2.38. The monoisotopic (exact) mass is 235 g/mol. The maximum Gasteiger partial charge on any atom is 0.0702 e. The van der Waals surface area contributed by atoms with Gasteiger partial charge in [0.05, 0.1) is 5.69 Å². The minimum atomic E-state index is 1.00. The predicted octanol–water partition coefficient (Wildman–Crippen LogP) is 4.86. The highest BCUT2D eigenvalue weighted by atomic mass is 14.7. The molecule has 0 aliphatic heterocycles. The molecule has 0 radical (unpaired) electrons. The fourth-order valence-corrected chi connectivity index (χ4v) is 1.72. The number of nitrogens with zero attached hydrogens (tertiary/aromatic N) is 1. The summed E-state index contributed by atoms with van der Waals surface area (Å²) >= 11 is 0. The van der Waals surface area contributed by atoms with E-state index >= 15 is 0 Å². The van der Waals surface area contributed by atoms with Gasteiger partial charge in [-0.15, -0.1) is 0 Å². The zero-order chi connectivity index (χ0) is 12.8. The lowest BCUT2D eigenvalue weighted by molar-refractivity contribution is 1.41. The van der Waals surface area contributed by atoms with E-state index in [1.165, 1.54) is 5.57 Å². The first-order chi connectivity index (χ1) is 8.75. The van der Waals surface area contributed by atoms with Crippen molar-refractivity contribution in [3.63, 3.8) is 0 Å². The molecule has 0 amide bonds. The van der Waals surface area contributed by atoms with Crippen LogP contribution in [0.2, 0.25) is 0 Å². The molecule has 0 unspecified atom stereocenters. The van der Waals surface area contributed by atoms with Crippen molar-refractivity contribution in [1.29, 1.82) is 0 Å². The number of hydrogen-bond donors (Lipinski definition) is 0. The lowest BCUT2D eigenvalue weighted by atomic mass is 10.1. The van der Waals surface area contributed by atoms with E-state index in [0.717, 1.165) is 16.8 Å². The Morgan fingerprint density at radius 2 is 1.56 bits per heavy atom. The van der Waals surface area contributed by atoms with E-state index < -0.39 is 0 Å². The first kappa shape index (κ1) is 12.3. The van der Waals surface area contributed by atoms with Crippen LogP contribution in [0.25, 0.3) is 6.08 Å². The van der Waals surface area contributed by atoms with Gasteiger partial charge in [0.25, 0.3) is 0 Å². The molecule has 0 spiro atoms. The van der Waals surface area contributed by atoms with Gasteiger partial charge in [-0.3, -0.25) is 4.99 Å². The molecule has 2 aromatic carbocycles. The van der Waals surface area contributed by atoms with Crippen molar-refractivity contribution in [3.05, 3.63) is 71.3 Å². The summed E-state index contributed by atoms with van der Waals surface area (Å²) < 4.78 is 0. The van der Waals surface area contributed by atoms with Crippen molar-refractivity contribution < 1.29 is 0 Å². The van der Waals surface area contributed by atoms with E-state index in [0.29, 0.717) is 0 Å². The molecule has 0 aromatic heterocycles. The average molecular weight is 235 g/mol. The lowest BCUT2D eigenvalue weighted by Crippen LogP contribution is -1.80. The standard InChI is InChI=1S/C17H17N/c1-14(2)12-16-10-6-7-11-17(16)18-13-15-8-4-3-5-9-15/h3-13H,1-2H3. The normalized spacial score (nSPS) is 10.6. The Balaban J connectivity index is 2.29. The van der Waals surface area contributed by atoms with Crippen LogP contribution in [0, 0.1) is 0 Å². The predicted molar refractivity (Wildman–Crippen MR) is 79.5 cm³/mol. The summed E-state index contributed by atoms with van der Waals surface area (Å²) in [5, 5.41) is 0. The number of rotatable bonds is 3. The number of benzene rings is 2. The van der Waals surface area contributed by atoms with Crippen LogP contribution >= 0.6 is 0 Å². The van der Waals surface area contributed by atoms with E-state index in [1.807, 2.05) is 54.7 Å². The zero-order valence-electron chi connectivity index (χ0n) is 10.8. The van der Waals surface area contributed by atoms with Gasteiger partial charge < -0.3 is 0 Å². The largest absolute Gasteiger partial charge is 0.256 e. The highest BCUT2D eigenvalue weighted by Gasteiger charge is 1.96. The minimum absolute atomic E-state index is 1.00. The van der Waals surface area contributed by atoms with Gasteiger partial charge in [0, 0.05) is 11.8 Å². The maximum absolute atomic E-state index is 4.56. The first-order valence-electron chi connectivity index (χ1n) is 6.09. The Kier molecular flexibility index (Phi) is 4.08. The third-order valence-corrected chi connectivity index (χ3v) is 2.53. The smallest absolute Gasteiger partial charge is 0.0702 e. The van der Waals surface area contributed by atoms with E-state index in [2.05, 4.69) is 31.0 Å². The zero-order valence-corrected chi connectivity index (χ0v) is 10.8. The molecule has 2 rings (SSSR count). The molecule has 2 aromatic rings. The summed E-state index contributed by atoms with van der Waals surface area (Å²) in [4.78, 5) is 4.56. The quantitative estimate of drug-likeness (QED) is 0.674. The molecular formula is C17H17N. The molecule has 0 heterocycles. The summed E-state index contributed by atoms with van der Waals surface area (Å²) in [5.74, 6) is 0. The molecular weight excluding hydrogens is 218 g/mol. The number of para-hydroxylation sites is 1. The molecule has 0 atom stereocenters. The van der Waals surface area contributed by atoms with Gasteiger partial charge >= 0.3 is 0 Å².